The normalized spacial score (nSPS) is 18.8. The zero-order chi connectivity index (χ0) is 18.2. The van der Waals surface area contributed by atoms with E-state index in [4.69, 9.17) is 16.6 Å². The van der Waals surface area contributed by atoms with E-state index in [1.54, 1.807) is 6.08 Å². The maximum Gasteiger partial charge on any atom is 0.265 e. The highest BCUT2D eigenvalue weighted by atomic mass is 16.5. The van der Waals surface area contributed by atoms with Gasteiger partial charge in [-0.1, -0.05) is 18.2 Å². The summed E-state index contributed by atoms with van der Waals surface area (Å²) in [6.45, 7) is 15.3. The molecule has 1 atom stereocenters. The molecule has 0 bridgehead atoms. The summed E-state index contributed by atoms with van der Waals surface area (Å²) in [5.74, 6) is 0.679. The fourth-order valence-electron chi connectivity index (χ4n) is 2.83. The molecule has 0 fully saturated rings. The third-order valence-electron chi connectivity index (χ3n) is 4.14. The molecule has 1 aromatic carbocycles. The van der Waals surface area contributed by atoms with Gasteiger partial charge in [-0.25, -0.2) is 10.1 Å². The number of anilines is 1. The van der Waals surface area contributed by atoms with Crippen molar-refractivity contribution >= 4 is 11.8 Å². The van der Waals surface area contributed by atoms with Crippen molar-refractivity contribution in [3.05, 3.63) is 70.4 Å². The molecule has 4 nitrogen and oxygen atoms in total. The van der Waals surface area contributed by atoms with Gasteiger partial charge in [-0.3, -0.25) is 0 Å². The van der Waals surface area contributed by atoms with E-state index < -0.39 is 0 Å². The summed E-state index contributed by atoms with van der Waals surface area (Å²) in [6.07, 6.45) is 6.20. The van der Waals surface area contributed by atoms with Crippen LogP contribution in [0.5, 0.6) is 0 Å². The molecule has 2 rings (SSSR count). The lowest BCUT2D eigenvalue weighted by Crippen LogP contribution is -2.21. The van der Waals surface area contributed by atoms with Crippen LogP contribution >= 0.6 is 0 Å². The first-order chi connectivity index (χ1) is 12.1. The van der Waals surface area contributed by atoms with E-state index >= 15 is 0 Å². The van der Waals surface area contributed by atoms with E-state index in [-0.39, 0.29) is 11.8 Å². The highest BCUT2D eigenvalue weighted by Crippen LogP contribution is 2.26. The Balaban J connectivity index is 2.19. The van der Waals surface area contributed by atoms with Crippen LogP contribution in [0.1, 0.15) is 32.8 Å². The van der Waals surface area contributed by atoms with Gasteiger partial charge in [-0.2, -0.15) is 0 Å². The van der Waals surface area contributed by atoms with Gasteiger partial charge in [0.15, 0.2) is 0 Å². The Morgan fingerprint density at radius 2 is 2.00 bits per heavy atom. The third kappa shape index (κ3) is 4.75. The van der Waals surface area contributed by atoms with Gasteiger partial charge in [-0.15, -0.1) is 0 Å². The first-order valence-electron chi connectivity index (χ1n) is 8.53. The predicted octanol–water partition coefficient (Wildman–Crippen LogP) is 4.94. The molecule has 0 spiro atoms. The average molecular weight is 333 g/mol. The summed E-state index contributed by atoms with van der Waals surface area (Å²) >= 11 is 0. The van der Waals surface area contributed by atoms with Crippen LogP contribution in [0.4, 0.5) is 5.69 Å². The quantitative estimate of drug-likeness (QED) is 0.566. The first-order valence-corrected chi connectivity index (χ1v) is 8.53. The van der Waals surface area contributed by atoms with Crippen molar-refractivity contribution < 1.29 is 4.74 Å². The highest BCUT2D eigenvalue weighted by Gasteiger charge is 2.17. The molecular weight excluding hydrogens is 310 g/mol. The molecule has 4 heteroatoms. The van der Waals surface area contributed by atoms with E-state index in [1.165, 1.54) is 5.69 Å². The minimum Gasteiger partial charge on any atom is -0.490 e. The second kappa shape index (κ2) is 8.76. The number of hydrogen-bond donors (Lipinski definition) is 0. The van der Waals surface area contributed by atoms with Gasteiger partial charge < -0.3 is 9.64 Å². The SMILES string of the molecule is [C-]#[N+]C(C#N)=C1C=C(/C=C/c2ccc(N(CC)CC)cc2)OC(C)C1. The molecule has 0 saturated carbocycles. The molecule has 0 aromatic heterocycles. The zero-order valence-corrected chi connectivity index (χ0v) is 15.0. The van der Waals surface area contributed by atoms with Crippen LogP contribution in [-0.4, -0.2) is 19.2 Å². The molecule has 1 unspecified atom stereocenters. The maximum atomic E-state index is 9.06. The minimum absolute atomic E-state index is 0.0465. The van der Waals surface area contributed by atoms with Crippen molar-refractivity contribution in [1.29, 1.82) is 5.26 Å². The number of hydrogen-bond acceptors (Lipinski definition) is 3. The van der Waals surface area contributed by atoms with Crippen molar-refractivity contribution in [2.75, 3.05) is 18.0 Å². The minimum atomic E-state index is -0.0465. The lowest BCUT2D eigenvalue weighted by Gasteiger charge is -2.22. The molecule has 1 heterocycles. The van der Waals surface area contributed by atoms with Crippen LogP contribution in [0.3, 0.4) is 0 Å². The highest BCUT2D eigenvalue weighted by molar-refractivity contribution is 5.58. The van der Waals surface area contributed by atoms with Crippen LogP contribution in [0, 0.1) is 17.9 Å². The molecule has 25 heavy (non-hydrogen) atoms. The molecule has 0 radical (unpaired) electrons. The van der Waals surface area contributed by atoms with Crippen molar-refractivity contribution in [2.24, 2.45) is 0 Å². The number of nitrogens with zero attached hydrogens (tertiary/aromatic N) is 3. The van der Waals surface area contributed by atoms with Crippen molar-refractivity contribution in [3.63, 3.8) is 0 Å². The number of rotatable bonds is 5. The van der Waals surface area contributed by atoms with E-state index in [0.717, 1.165) is 24.2 Å². The second-order valence-corrected chi connectivity index (χ2v) is 5.87. The molecule has 0 saturated heterocycles. The molecular formula is C21H23N3O. The fraction of sp³-hybridized carbons (Fsp3) is 0.333. The standard InChI is InChI=1S/C21H23N3O/c1-5-24(6-2)19-10-7-17(8-11-19)9-12-20-14-18(13-16(3)25-20)21(15-22)23-4/h7-12,14,16H,5-6,13H2,1-3H3/b12-9+,21-18?. The predicted molar refractivity (Wildman–Crippen MR) is 102 cm³/mol. The van der Waals surface area contributed by atoms with Crippen molar-refractivity contribution in [3.8, 4) is 6.07 Å². The van der Waals surface area contributed by atoms with E-state index in [1.807, 2.05) is 25.1 Å². The Bertz CT molecular complexity index is 753. The zero-order valence-electron chi connectivity index (χ0n) is 15.0. The van der Waals surface area contributed by atoms with E-state index in [9.17, 15) is 0 Å². The summed E-state index contributed by atoms with van der Waals surface area (Å²) < 4.78 is 5.79. The molecule has 1 aliphatic rings. The van der Waals surface area contributed by atoms with Gasteiger partial charge in [0, 0.05) is 25.2 Å². The smallest absolute Gasteiger partial charge is 0.265 e. The molecule has 0 aliphatic carbocycles. The second-order valence-electron chi connectivity index (χ2n) is 5.87. The lowest BCUT2D eigenvalue weighted by atomic mass is 10.0. The van der Waals surface area contributed by atoms with Gasteiger partial charge >= 0.3 is 0 Å². The Labute approximate surface area is 150 Å². The monoisotopic (exact) mass is 333 g/mol. The molecule has 1 aromatic rings. The van der Waals surface area contributed by atoms with Gasteiger partial charge in [0.1, 0.15) is 5.76 Å². The number of allylic oxidation sites excluding steroid dienone is 3. The summed E-state index contributed by atoms with van der Waals surface area (Å²) in [5, 5.41) is 9.06. The van der Waals surface area contributed by atoms with E-state index in [0.29, 0.717) is 12.2 Å². The molecule has 128 valence electrons. The summed E-state index contributed by atoms with van der Waals surface area (Å²) in [5.41, 5.74) is 3.18. The summed E-state index contributed by atoms with van der Waals surface area (Å²) in [7, 11) is 0. The lowest BCUT2D eigenvalue weighted by molar-refractivity contribution is 0.133. The van der Waals surface area contributed by atoms with Crippen LogP contribution in [0.15, 0.2) is 53.4 Å². The van der Waals surface area contributed by atoms with Gasteiger partial charge in [0.25, 0.3) is 5.70 Å². The van der Waals surface area contributed by atoms with Crippen LogP contribution in [0.25, 0.3) is 10.9 Å². The summed E-state index contributed by atoms with van der Waals surface area (Å²) in [4.78, 5) is 5.60. The first kappa shape index (κ1) is 18.4. The topological polar surface area (TPSA) is 40.6 Å². The molecule has 0 N–H and O–H groups in total. The average Bonchev–Trinajstić information content (AvgIpc) is 2.63. The van der Waals surface area contributed by atoms with Gasteiger partial charge in [0.2, 0.25) is 0 Å². The van der Waals surface area contributed by atoms with Crippen LogP contribution in [0.2, 0.25) is 0 Å². The van der Waals surface area contributed by atoms with Crippen LogP contribution < -0.4 is 4.90 Å². The van der Waals surface area contributed by atoms with Crippen molar-refractivity contribution in [2.45, 2.75) is 33.3 Å². The Morgan fingerprint density at radius 1 is 1.32 bits per heavy atom. The van der Waals surface area contributed by atoms with Gasteiger partial charge in [0.05, 0.1) is 18.7 Å². The van der Waals surface area contributed by atoms with Crippen LogP contribution in [-0.2, 0) is 4.74 Å². The molecule has 0 amide bonds. The Kier molecular flexibility index (Phi) is 6.43. The Hall–Kier alpha value is -2.98. The fourth-order valence-corrected chi connectivity index (χ4v) is 2.83. The Morgan fingerprint density at radius 3 is 2.56 bits per heavy atom. The number of benzene rings is 1. The largest absolute Gasteiger partial charge is 0.490 e. The van der Waals surface area contributed by atoms with Crippen molar-refractivity contribution in [1.82, 2.24) is 0 Å². The summed E-state index contributed by atoms with van der Waals surface area (Å²) in [6, 6.07) is 10.3. The number of nitriles is 1. The number of ether oxygens (including phenoxy) is 1. The maximum absolute atomic E-state index is 9.06. The van der Waals surface area contributed by atoms with Gasteiger partial charge in [-0.05, 0) is 56.2 Å². The molecule has 1 aliphatic heterocycles. The third-order valence-corrected chi connectivity index (χ3v) is 4.14. The van der Waals surface area contributed by atoms with E-state index in [2.05, 4.69) is 47.9 Å².